The number of halogens is 4. The van der Waals surface area contributed by atoms with Gasteiger partial charge < -0.3 is 4.74 Å². The molecule has 9 nitrogen and oxygen atoms in total. The molecule has 1 aromatic rings. The maximum atomic E-state index is 12.8. The fraction of sp³-hybridized carbons (Fsp3) is 0.400. The number of esters is 1. The van der Waals surface area contributed by atoms with Gasteiger partial charge in [-0.2, -0.15) is 23.3 Å². The predicted octanol–water partition coefficient (Wildman–Crippen LogP) is 0.981. The molecule has 13 heteroatoms. The number of amides is 2. The Morgan fingerprint density at radius 1 is 1.39 bits per heavy atom. The Hall–Kier alpha value is -2.89. The number of pyridine rings is 1. The molecule has 2 amide bonds. The zero-order valence-electron chi connectivity index (χ0n) is 14.5. The van der Waals surface area contributed by atoms with Gasteiger partial charge in [0.05, 0.1) is 17.2 Å². The molecule has 1 N–H and O–H groups in total. The average molecular weight is 420 g/mol. The quantitative estimate of drug-likeness (QED) is 0.573. The molecule has 0 spiro atoms. The summed E-state index contributed by atoms with van der Waals surface area (Å²) in [6, 6.07) is -0.502. The van der Waals surface area contributed by atoms with Gasteiger partial charge in [-0.15, -0.1) is 0 Å². The molecule has 2 unspecified atom stereocenters. The van der Waals surface area contributed by atoms with Crippen molar-refractivity contribution in [3.63, 3.8) is 0 Å². The van der Waals surface area contributed by atoms with Crippen LogP contribution in [0.1, 0.15) is 12.5 Å². The predicted molar refractivity (Wildman–Crippen MR) is 89.0 cm³/mol. The lowest BCUT2D eigenvalue weighted by atomic mass is 9.99. The van der Waals surface area contributed by atoms with Gasteiger partial charge in [0.25, 0.3) is 11.8 Å². The molecule has 0 saturated carbocycles. The molecule has 0 radical (unpaired) electrons. The fourth-order valence-corrected chi connectivity index (χ4v) is 3.15. The molecule has 1 aromatic heterocycles. The van der Waals surface area contributed by atoms with Crippen LogP contribution in [0.25, 0.3) is 0 Å². The van der Waals surface area contributed by atoms with Crippen LogP contribution in [0.4, 0.5) is 19.0 Å². The van der Waals surface area contributed by atoms with Crippen LogP contribution < -0.4 is 10.4 Å². The molecular weight excluding hydrogens is 407 g/mol. The molecule has 1 fully saturated rings. The van der Waals surface area contributed by atoms with Gasteiger partial charge in [-0.1, -0.05) is 11.6 Å². The Kier molecular flexibility index (Phi) is 4.91. The summed E-state index contributed by atoms with van der Waals surface area (Å²) >= 11 is 5.88. The molecule has 0 bridgehead atoms. The van der Waals surface area contributed by atoms with E-state index in [0.717, 1.165) is 5.01 Å². The lowest BCUT2D eigenvalue weighted by Crippen LogP contribution is -2.47. The van der Waals surface area contributed by atoms with Crippen molar-refractivity contribution in [2.75, 3.05) is 18.7 Å². The van der Waals surface area contributed by atoms with E-state index in [1.807, 2.05) is 0 Å². The van der Waals surface area contributed by atoms with E-state index < -0.39 is 46.5 Å². The van der Waals surface area contributed by atoms with Gasteiger partial charge in [-0.3, -0.25) is 20.0 Å². The SMILES string of the molecule is CCOC(=O)C1=NNC2C(=O)N(N(C)c3ncc(C(F)(F)F)cc3Cl)C(=O)C12. The standard InChI is InChI=1S/C15H13ClF3N5O4/c1-3-28-14(27)10-8-9(21-22-10)13(26)24(12(8)25)23(2)11-7(16)4-6(5-20-11)15(17,18)19/h4-5,8-9,21H,3H2,1-2H3. The highest BCUT2D eigenvalue weighted by molar-refractivity contribution is 6.44. The van der Waals surface area contributed by atoms with E-state index in [2.05, 4.69) is 15.5 Å². The Morgan fingerprint density at radius 2 is 2.07 bits per heavy atom. The van der Waals surface area contributed by atoms with Crippen LogP contribution in [-0.2, 0) is 25.3 Å². The first-order valence-corrected chi connectivity index (χ1v) is 8.30. The lowest BCUT2D eigenvalue weighted by Gasteiger charge is -2.28. The molecule has 2 atom stereocenters. The summed E-state index contributed by atoms with van der Waals surface area (Å²) in [4.78, 5) is 40.9. The van der Waals surface area contributed by atoms with Crippen molar-refractivity contribution in [3.8, 4) is 0 Å². The number of ether oxygens (including phenoxy) is 1. The van der Waals surface area contributed by atoms with Crippen molar-refractivity contribution < 1.29 is 32.3 Å². The van der Waals surface area contributed by atoms with Crippen LogP contribution in [-0.4, -0.2) is 53.2 Å². The summed E-state index contributed by atoms with van der Waals surface area (Å²) in [5.74, 6) is -3.89. The minimum Gasteiger partial charge on any atom is -0.461 e. The second kappa shape index (κ2) is 6.93. The summed E-state index contributed by atoms with van der Waals surface area (Å²) < 4.78 is 43.1. The van der Waals surface area contributed by atoms with Gasteiger partial charge >= 0.3 is 12.1 Å². The number of fused-ring (bicyclic) bond motifs is 1. The Bertz CT molecular complexity index is 891. The summed E-state index contributed by atoms with van der Waals surface area (Å²) in [6.07, 6.45) is -4.12. The number of hydrazine groups is 1. The monoisotopic (exact) mass is 419 g/mol. The zero-order valence-corrected chi connectivity index (χ0v) is 15.2. The number of hydrogen-bond donors (Lipinski definition) is 1. The minimum absolute atomic E-state index is 0.0477. The smallest absolute Gasteiger partial charge is 0.417 e. The van der Waals surface area contributed by atoms with Crippen molar-refractivity contribution in [1.29, 1.82) is 0 Å². The lowest BCUT2D eigenvalue weighted by molar-refractivity contribution is -0.141. The van der Waals surface area contributed by atoms with Crippen molar-refractivity contribution >= 4 is 40.9 Å². The minimum atomic E-state index is -4.65. The number of carbonyl (C=O) groups is 3. The third-order valence-corrected chi connectivity index (χ3v) is 4.42. The van der Waals surface area contributed by atoms with Crippen molar-refractivity contribution in [2.24, 2.45) is 11.0 Å². The number of hydrogen-bond acceptors (Lipinski definition) is 8. The number of nitrogens with one attached hydrogen (secondary N) is 1. The second-order valence-electron chi connectivity index (χ2n) is 5.84. The Labute approximate surface area is 161 Å². The van der Waals surface area contributed by atoms with Crippen LogP contribution in [0.3, 0.4) is 0 Å². The molecule has 150 valence electrons. The molecular formula is C15H13ClF3N5O4. The second-order valence-corrected chi connectivity index (χ2v) is 6.25. The number of imide groups is 1. The van der Waals surface area contributed by atoms with E-state index in [1.54, 1.807) is 6.92 Å². The van der Waals surface area contributed by atoms with Crippen molar-refractivity contribution in [2.45, 2.75) is 19.1 Å². The molecule has 2 aliphatic rings. The van der Waals surface area contributed by atoms with Gasteiger partial charge in [0.2, 0.25) is 0 Å². The zero-order chi connectivity index (χ0) is 20.8. The summed E-state index contributed by atoms with van der Waals surface area (Å²) in [7, 11) is 1.24. The van der Waals surface area contributed by atoms with Gasteiger partial charge in [-0.25, -0.2) is 9.78 Å². The average Bonchev–Trinajstić information content (AvgIpc) is 3.14. The molecule has 3 rings (SSSR count). The maximum absolute atomic E-state index is 12.8. The highest BCUT2D eigenvalue weighted by atomic mass is 35.5. The largest absolute Gasteiger partial charge is 0.461 e. The van der Waals surface area contributed by atoms with Crippen LogP contribution >= 0.6 is 11.6 Å². The number of alkyl halides is 3. The number of hydrazone groups is 1. The summed E-state index contributed by atoms with van der Waals surface area (Å²) in [5.41, 5.74) is 1.08. The first-order valence-electron chi connectivity index (χ1n) is 7.92. The summed E-state index contributed by atoms with van der Waals surface area (Å²) in [6.45, 7) is 1.62. The molecule has 3 heterocycles. The van der Waals surface area contributed by atoms with Crippen molar-refractivity contribution in [1.82, 2.24) is 15.4 Å². The van der Waals surface area contributed by atoms with E-state index in [1.165, 1.54) is 7.05 Å². The molecule has 28 heavy (non-hydrogen) atoms. The van der Waals surface area contributed by atoms with Crippen LogP contribution in [0.15, 0.2) is 17.4 Å². The molecule has 0 aliphatic carbocycles. The third kappa shape index (κ3) is 3.13. The molecule has 2 aliphatic heterocycles. The number of nitrogens with zero attached hydrogens (tertiary/aromatic N) is 4. The van der Waals surface area contributed by atoms with Gasteiger partial charge in [0.15, 0.2) is 11.5 Å². The molecule has 1 saturated heterocycles. The number of rotatable bonds is 4. The van der Waals surface area contributed by atoms with E-state index >= 15 is 0 Å². The third-order valence-electron chi connectivity index (χ3n) is 4.14. The molecule has 0 aromatic carbocycles. The van der Waals surface area contributed by atoms with Gasteiger partial charge in [0.1, 0.15) is 12.0 Å². The van der Waals surface area contributed by atoms with Crippen LogP contribution in [0, 0.1) is 5.92 Å². The highest BCUT2D eigenvalue weighted by Gasteiger charge is 2.57. The summed E-state index contributed by atoms with van der Waals surface area (Å²) in [5, 5.41) is 4.86. The Balaban J connectivity index is 1.89. The number of aromatic nitrogens is 1. The number of carbonyl (C=O) groups excluding carboxylic acids is 3. The fourth-order valence-electron chi connectivity index (χ4n) is 2.86. The first-order chi connectivity index (χ1) is 13.1. The van der Waals surface area contributed by atoms with Gasteiger partial charge in [0, 0.05) is 13.2 Å². The van der Waals surface area contributed by atoms with E-state index in [9.17, 15) is 27.6 Å². The Morgan fingerprint density at radius 3 is 2.64 bits per heavy atom. The van der Waals surface area contributed by atoms with E-state index in [0.29, 0.717) is 17.3 Å². The van der Waals surface area contributed by atoms with E-state index in [4.69, 9.17) is 16.3 Å². The topological polar surface area (TPSA) is 104 Å². The normalized spacial score (nSPS) is 21.4. The van der Waals surface area contributed by atoms with Crippen LogP contribution in [0.2, 0.25) is 5.02 Å². The number of anilines is 1. The van der Waals surface area contributed by atoms with E-state index in [-0.39, 0.29) is 18.1 Å². The maximum Gasteiger partial charge on any atom is 0.417 e. The van der Waals surface area contributed by atoms with Crippen molar-refractivity contribution in [3.05, 3.63) is 22.8 Å². The van der Waals surface area contributed by atoms with Crippen LogP contribution in [0.5, 0.6) is 0 Å². The first kappa shape index (κ1) is 19.9. The highest BCUT2D eigenvalue weighted by Crippen LogP contribution is 2.35. The van der Waals surface area contributed by atoms with Gasteiger partial charge in [-0.05, 0) is 13.0 Å².